The van der Waals surface area contributed by atoms with Crippen LogP contribution in [-0.4, -0.2) is 51.3 Å². The van der Waals surface area contributed by atoms with E-state index in [0.29, 0.717) is 13.1 Å². The van der Waals surface area contributed by atoms with Gasteiger partial charge in [0.1, 0.15) is 11.5 Å². The number of hydrogen-bond acceptors (Lipinski definition) is 4. The molecular formula is C19H22IN3O3. The number of amides is 2. The Balaban J connectivity index is 1.61. The third-order valence-corrected chi connectivity index (χ3v) is 5.04. The van der Waals surface area contributed by atoms with E-state index in [9.17, 15) is 4.79 Å². The van der Waals surface area contributed by atoms with Crippen molar-refractivity contribution in [3.05, 3.63) is 46.0 Å². The number of nitrogens with one attached hydrogen (secondary N) is 1. The van der Waals surface area contributed by atoms with E-state index in [2.05, 4.69) is 32.8 Å². The highest BCUT2D eigenvalue weighted by atomic mass is 127. The highest BCUT2D eigenvalue weighted by molar-refractivity contribution is 14.1. The molecule has 7 heteroatoms. The summed E-state index contributed by atoms with van der Waals surface area (Å²) < 4.78 is 11.8. The number of halogens is 1. The van der Waals surface area contributed by atoms with Crippen LogP contribution in [0.25, 0.3) is 0 Å². The Morgan fingerprint density at radius 2 is 1.81 bits per heavy atom. The summed E-state index contributed by atoms with van der Waals surface area (Å²) in [5, 5.41) is 2.97. The zero-order valence-electron chi connectivity index (χ0n) is 14.9. The Bertz CT molecular complexity index is 776. The van der Waals surface area contributed by atoms with Crippen LogP contribution in [0.15, 0.2) is 42.5 Å². The lowest BCUT2D eigenvalue weighted by molar-refractivity contribution is 0.208. The topological polar surface area (TPSA) is 54.0 Å². The zero-order chi connectivity index (χ0) is 18.5. The standard InChI is InChI=1S/C19H22IN3O3/c1-25-16-6-7-17(18(13-16)26-2)22-8-10-23(11-9-22)19(24)21-15-5-3-4-14(20)12-15/h3-7,12-13H,8-11H2,1-2H3,(H,21,24). The van der Waals surface area contributed by atoms with Gasteiger partial charge < -0.3 is 24.6 Å². The van der Waals surface area contributed by atoms with E-state index < -0.39 is 0 Å². The maximum absolute atomic E-state index is 12.5. The van der Waals surface area contributed by atoms with Crippen molar-refractivity contribution in [1.29, 1.82) is 0 Å². The monoisotopic (exact) mass is 467 g/mol. The molecule has 0 aliphatic carbocycles. The molecule has 0 spiro atoms. The van der Waals surface area contributed by atoms with Crippen molar-refractivity contribution < 1.29 is 14.3 Å². The van der Waals surface area contributed by atoms with Crippen LogP contribution in [0.5, 0.6) is 11.5 Å². The van der Waals surface area contributed by atoms with E-state index in [1.54, 1.807) is 14.2 Å². The fraction of sp³-hybridized carbons (Fsp3) is 0.316. The Morgan fingerprint density at radius 1 is 1.04 bits per heavy atom. The second-order valence-electron chi connectivity index (χ2n) is 5.95. The Kier molecular flexibility index (Phi) is 6.08. The average molecular weight is 467 g/mol. The molecule has 0 atom stereocenters. The van der Waals surface area contributed by atoms with Crippen molar-refractivity contribution in [2.75, 3.05) is 50.6 Å². The molecule has 3 rings (SSSR count). The molecule has 1 N–H and O–H groups in total. The maximum Gasteiger partial charge on any atom is 0.321 e. The second-order valence-corrected chi connectivity index (χ2v) is 7.20. The molecule has 1 aliphatic heterocycles. The van der Waals surface area contributed by atoms with Gasteiger partial charge in [0.15, 0.2) is 0 Å². The maximum atomic E-state index is 12.5. The molecule has 2 aromatic rings. The quantitative estimate of drug-likeness (QED) is 0.698. The number of rotatable bonds is 4. The van der Waals surface area contributed by atoms with Crippen LogP contribution >= 0.6 is 22.6 Å². The van der Waals surface area contributed by atoms with E-state index >= 15 is 0 Å². The van der Waals surface area contributed by atoms with Gasteiger partial charge in [0.25, 0.3) is 0 Å². The zero-order valence-corrected chi connectivity index (χ0v) is 17.0. The number of anilines is 2. The number of carbonyl (C=O) groups excluding carboxylic acids is 1. The fourth-order valence-electron chi connectivity index (χ4n) is 2.97. The van der Waals surface area contributed by atoms with E-state index in [4.69, 9.17) is 9.47 Å². The fourth-order valence-corrected chi connectivity index (χ4v) is 3.51. The summed E-state index contributed by atoms with van der Waals surface area (Å²) in [6, 6.07) is 13.5. The van der Waals surface area contributed by atoms with Crippen LogP contribution in [0.4, 0.5) is 16.2 Å². The van der Waals surface area contributed by atoms with Gasteiger partial charge in [0.2, 0.25) is 0 Å². The number of benzene rings is 2. The SMILES string of the molecule is COc1ccc(N2CCN(C(=O)Nc3cccc(I)c3)CC2)c(OC)c1. The summed E-state index contributed by atoms with van der Waals surface area (Å²) >= 11 is 2.24. The molecule has 0 radical (unpaired) electrons. The van der Waals surface area contributed by atoms with Crippen molar-refractivity contribution >= 4 is 40.0 Å². The van der Waals surface area contributed by atoms with Crippen LogP contribution in [0.1, 0.15) is 0 Å². The van der Waals surface area contributed by atoms with Crippen molar-refractivity contribution in [3.63, 3.8) is 0 Å². The summed E-state index contributed by atoms with van der Waals surface area (Å²) in [4.78, 5) is 16.6. The van der Waals surface area contributed by atoms with E-state index in [1.165, 1.54) is 0 Å². The number of carbonyl (C=O) groups is 1. The molecule has 0 saturated carbocycles. The van der Waals surface area contributed by atoms with Crippen molar-refractivity contribution in [2.45, 2.75) is 0 Å². The summed E-state index contributed by atoms with van der Waals surface area (Å²) in [5.41, 5.74) is 1.84. The number of hydrogen-bond donors (Lipinski definition) is 1. The minimum absolute atomic E-state index is 0.0617. The van der Waals surface area contributed by atoms with Crippen LogP contribution < -0.4 is 19.7 Å². The smallest absolute Gasteiger partial charge is 0.321 e. The van der Waals surface area contributed by atoms with E-state index in [0.717, 1.165) is 39.5 Å². The Hall–Kier alpha value is -2.16. The molecule has 138 valence electrons. The Labute approximate surface area is 167 Å². The number of methoxy groups -OCH3 is 2. The first kappa shape index (κ1) is 18.6. The van der Waals surface area contributed by atoms with Gasteiger partial charge in [-0.2, -0.15) is 0 Å². The lowest BCUT2D eigenvalue weighted by Gasteiger charge is -2.36. The molecular weight excluding hydrogens is 445 g/mol. The summed E-state index contributed by atoms with van der Waals surface area (Å²) in [7, 11) is 3.29. The summed E-state index contributed by atoms with van der Waals surface area (Å²) in [5.74, 6) is 1.54. The predicted molar refractivity (Wildman–Crippen MR) is 112 cm³/mol. The largest absolute Gasteiger partial charge is 0.497 e. The number of nitrogens with zero attached hydrogens (tertiary/aromatic N) is 2. The highest BCUT2D eigenvalue weighted by Gasteiger charge is 2.23. The van der Waals surface area contributed by atoms with Crippen molar-refractivity contribution in [2.24, 2.45) is 0 Å². The molecule has 6 nitrogen and oxygen atoms in total. The first-order chi connectivity index (χ1) is 12.6. The lowest BCUT2D eigenvalue weighted by atomic mass is 10.2. The van der Waals surface area contributed by atoms with Crippen molar-refractivity contribution in [1.82, 2.24) is 4.90 Å². The second kappa shape index (κ2) is 8.48. The van der Waals surface area contributed by atoms with E-state index in [1.807, 2.05) is 47.4 Å². The summed E-state index contributed by atoms with van der Waals surface area (Å²) in [6.45, 7) is 2.82. The normalized spacial score (nSPS) is 14.1. The number of urea groups is 1. The molecule has 1 saturated heterocycles. The van der Waals surface area contributed by atoms with Gasteiger partial charge in [-0.3, -0.25) is 0 Å². The third-order valence-electron chi connectivity index (χ3n) is 4.37. The molecule has 0 aromatic heterocycles. The Morgan fingerprint density at radius 3 is 2.46 bits per heavy atom. The van der Waals surface area contributed by atoms with Gasteiger partial charge in [-0.25, -0.2) is 4.79 Å². The lowest BCUT2D eigenvalue weighted by Crippen LogP contribution is -2.50. The van der Waals surface area contributed by atoms with Crippen LogP contribution in [0, 0.1) is 3.57 Å². The molecule has 26 heavy (non-hydrogen) atoms. The van der Waals surface area contributed by atoms with Gasteiger partial charge in [0, 0.05) is 41.5 Å². The molecule has 0 bridgehead atoms. The van der Waals surface area contributed by atoms with Crippen molar-refractivity contribution in [3.8, 4) is 11.5 Å². The van der Waals surface area contributed by atoms with Gasteiger partial charge in [0.05, 0.1) is 19.9 Å². The first-order valence-electron chi connectivity index (χ1n) is 8.39. The molecule has 1 fully saturated rings. The minimum atomic E-state index is -0.0617. The van der Waals surface area contributed by atoms with Crippen LogP contribution in [0.3, 0.4) is 0 Å². The van der Waals surface area contributed by atoms with Gasteiger partial charge in [-0.1, -0.05) is 6.07 Å². The molecule has 2 amide bonds. The predicted octanol–water partition coefficient (Wildman–Crippen LogP) is 3.66. The molecule has 1 aliphatic rings. The molecule has 1 heterocycles. The number of ether oxygens (including phenoxy) is 2. The van der Waals surface area contributed by atoms with Crippen LogP contribution in [0.2, 0.25) is 0 Å². The minimum Gasteiger partial charge on any atom is -0.497 e. The van der Waals surface area contributed by atoms with Gasteiger partial charge in [-0.15, -0.1) is 0 Å². The molecule has 2 aromatic carbocycles. The van der Waals surface area contributed by atoms with Crippen LogP contribution in [-0.2, 0) is 0 Å². The summed E-state index contributed by atoms with van der Waals surface area (Å²) in [6.07, 6.45) is 0. The highest BCUT2D eigenvalue weighted by Crippen LogP contribution is 2.32. The average Bonchev–Trinajstić information content (AvgIpc) is 2.67. The third kappa shape index (κ3) is 4.32. The van der Waals surface area contributed by atoms with E-state index in [-0.39, 0.29) is 6.03 Å². The van der Waals surface area contributed by atoms with Gasteiger partial charge >= 0.3 is 6.03 Å². The van der Waals surface area contributed by atoms with Gasteiger partial charge in [-0.05, 0) is 52.9 Å². The number of piperazine rings is 1. The molecule has 0 unspecified atom stereocenters. The first-order valence-corrected chi connectivity index (χ1v) is 9.47.